The second-order valence-electron chi connectivity index (χ2n) is 6.60. The summed E-state index contributed by atoms with van der Waals surface area (Å²) in [5.41, 5.74) is 1.93. The van der Waals surface area contributed by atoms with Crippen molar-refractivity contribution in [3.8, 4) is 5.75 Å². The highest BCUT2D eigenvalue weighted by Gasteiger charge is 2.49. The van der Waals surface area contributed by atoms with E-state index in [1.165, 1.54) is 24.8 Å². The zero-order chi connectivity index (χ0) is 14.3. The van der Waals surface area contributed by atoms with Crippen LogP contribution < -0.4 is 15.4 Å². The van der Waals surface area contributed by atoms with Crippen molar-refractivity contribution in [2.45, 2.75) is 32.1 Å². The number of carbonyl (C=O) groups excluding carboxylic acids is 1. The minimum Gasteiger partial charge on any atom is -0.493 e. The van der Waals surface area contributed by atoms with Gasteiger partial charge in [-0.05, 0) is 49.1 Å². The van der Waals surface area contributed by atoms with Crippen LogP contribution in [0.15, 0.2) is 18.2 Å². The second kappa shape index (κ2) is 5.02. The quantitative estimate of drug-likeness (QED) is 0.877. The fourth-order valence-electron chi connectivity index (χ4n) is 4.21. The molecule has 1 aromatic carbocycles. The first kappa shape index (κ1) is 13.1. The summed E-state index contributed by atoms with van der Waals surface area (Å²) in [6.07, 6.45) is 5.57. The van der Waals surface area contributed by atoms with Gasteiger partial charge in [0.05, 0.1) is 12.0 Å². The van der Waals surface area contributed by atoms with E-state index in [4.69, 9.17) is 4.74 Å². The van der Waals surface area contributed by atoms with E-state index in [1.54, 1.807) is 0 Å². The van der Waals surface area contributed by atoms with Crippen molar-refractivity contribution in [3.63, 3.8) is 0 Å². The largest absolute Gasteiger partial charge is 0.493 e. The number of fused-ring (bicyclic) bond motifs is 2. The molecular weight excluding hydrogens is 264 g/mol. The van der Waals surface area contributed by atoms with Crippen LogP contribution in [0.5, 0.6) is 5.75 Å². The molecule has 0 radical (unpaired) electrons. The number of amides is 1. The Kier molecular flexibility index (Phi) is 3.14. The number of hydrogen-bond donors (Lipinski definition) is 2. The number of ether oxygens (including phenoxy) is 1. The summed E-state index contributed by atoms with van der Waals surface area (Å²) in [7, 11) is 0. The number of benzene rings is 1. The zero-order valence-electron chi connectivity index (χ0n) is 12.3. The summed E-state index contributed by atoms with van der Waals surface area (Å²) in [5, 5.41) is 6.60. The third-order valence-electron chi connectivity index (χ3n) is 5.44. The van der Waals surface area contributed by atoms with Gasteiger partial charge in [-0.25, -0.2) is 0 Å². The van der Waals surface area contributed by atoms with Gasteiger partial charge in [-0.1, -0.05) is 12.8 Å². The molecule has 2 N–H and O–H groups in total. The molecule has 0 spiro atoms. The summed E-state index contributed by atoms with van der Waals surface area (Å²) in [6, 6.07) is 6.00. The Balaban J connectivity index is 1.55. The van der Waals surface area contributed by atoms with E-state index in [0.717, 1.165) is 44.0 Å². The molecule has 2 fully saturated rings. The normalized spacial score (nSPS) is 30.4. The van der Waals surface area contributed by atoms with Gasteiger partial charge in [-0.3, -0.25) is 4.79 Å². The number of carbonyl (C=O) groups is 1. The van der Waals surface area contributed by atoms with Crippen LogP contribution in [-0.2, 0) is 11.2 Å². The van der Waals surface area contributed by atoms with Crippen LogP contribution in [0, 0.1) is 11.3 Å². The maximum absolute atomic E-state index is 12.9. The number of hydrogen-bond acceptors (Lipinski definition) is 3. The van der Waals surface area contributed by atoms with Crippen molar-refractivity contribution < 1.29 is 9.53 Å². The van der Waals surface area contributed by atoms with E-state index in [2.05, 4.69) is 16.7 Å². The molecule has 2 atom stereocenters. The first-order chi connectivity index (χ1) is 10.3. The number of anilines is 1. The lowest BCUT2D eigenvalue weighted by molar-refractivity contribution is -0.128. The minimum absolute atomic E-state index is 0.187. The Bertz CT molecular complexity index is 572. The standard InChI is InChI=1S/C17H22N2O2/c20-16(17-7-2-1-3-13(17)10-18-11-17)19-14-4-5-15-12(9-14)6-8-21-15/h4-5,9,13,18H,1-3,6-8,10-11H2,(H,19,20)/t13-,17+/m0/s1. The Morgan fingerprint density at radius 3 is 3.29 bits per heavy atom. The summed E-state index contributed by atoms with van der Waals surface area (Å²) >= 11 is 0. The Morgan fingerprint density at radius 1 is 1.38 bits per heavy atom. The maximum Gasteiger partial charge on any atom is 0.232 e. The molecule has 2 heterocycles. The molecular formula is C17H22N2O2. The average molecular weight is 286 g/mol. The van der Waals surface area contributed by atoms with Crippen LogP contribution in [0.1, 0.15) is 31.2 Å². The molecule has 4 nitrogen and oxygen atoms in total. The van der Waals surface area contributed by atoms with E-state index in [9.17, 15) is 4.79 Å². The smallest absolute Gasteiger partial charge is 0.232 e. The van der Waals surface area contributed by atoms with Crippen LogP contribution in [0.25, 0.3) is 0 Å². The lowest BCUT2D eigenvalue weighted by atomic mass is 9.67. The van der Waals surface area contributed by atoms with Crippen LogP contribution >= 0.6 is 0 Å². The fraction of sp³-hybridized carbons (Fsp3) is 0.588. The van der Waals surface area contributed by atoms with Crippen molar-refractivity contribution in [2.75, 3.05) is 25.0 Å². The van der Waals surface area contributed by atoms with Gasteiger partial charge in [0.2, 0.25) is 5.91 Å². The van der Waals surface area contributed by atoms with E-state index < -0.39 is 0 Å². The van der Waals surface area contributed by atoms with Gasteiger partial charge >= 0.3 is 0 Å². The maximum atomic E-state index is 12.9. The molecule has 0 aromatic heterocycles. The molecule has 0 bridgehead atoms. The van der Waals surface area contributed by atoms with Crippen LogP contribution in [0.4, 0.5) is 5.69 Å². The molecule has 0 unspecified atom stereocenters. The van der Waals surface area contributed by atoms with Gasteiger partial charge in [0.1, 0.15) is 5.75 Å². The molecule has 3 aliphatic rings. The fourth-order valence-corrected chi connectivity index (χ4v) is 4.21. The monoisotopic (exact) mass is 286 g/mol. The van der Waals surface area contributed by atoms with Crippen molar-refractivity contribution in [1.82, 2.24) is 5.32 Å². The van der Waals surface area contributed by atoms with E-state index >= 15 is 0 Å². The Morgan fingerprint density at radius 2 is 2.33 bits per heavy atom. The van der Waals surface area contributed by atoms with Gasteiger partial charge < -0.3 is 15.4 Å². The predicted molar refractivity (Wildman–Crippen MR) is 81.5 cm³/mol. The third-order valence-corrected chi connectivity index (χ3v) is 5.44. The summed E-state index contributed by atoms with van der Waals surface area (Å²) in [5.74, 6) is 1.67. The first-order valence-electron chi connectivity index (χ1n) is 8.06. The van der Waals surface area contributed by atoms with Crippen LogP contribution in [0.3, 0.4) is 0 Å². The molecule has 1 saturated heterocycles. The highest BCUT2D eigenvalue weighted by molar-refractivity contribution is 5.96. The van der Waals surface area contributed by atoms with Crippen molar-refractivity contribution in [1.29, 1.82) is 0 Å². The molecule has 4 rings (SSSR count). The van der Waals surface area contributed by atoms with Crippen molar-refractivity contribution >= 4 is 11.6 Å². The molecule has 4 heteroatoms. The predicted octanol–water partition coefficient (Wildman–Crippen LogP) is 2.34. The van der Waals surface area contributed by atoms with Gasteiger partial charge in [-0.2, -0.15) is 0 Å². The van der Waals surface area contributed by atoms with Crippen molar-refractivity contribution in [3.05, 3.63) is 23.8 Å². The van der Waals surface area contributed by atoms with E-state index in [-0.39, 0.29) is 11.3 Å². The second-order valence-corrected chi connectivity index (χ2v) is 6.60. The minimum atomic E-state index is -0.187. The van der Waals surface area contributed by atoms with Gasteiger partial charge in [0, 0.05) is 18.7 Å². The average Bonchev–Trinajstić information content (AvgIpc) is 3.13. The third kappa shape index (κ3) is 2.13. The number of rotatable bonds is 2. The molecule has 1 amide bonds. The number of nitrogens with one attached hydrogen (secondary N) is 2. The molecule has 21 heavy (non-hydrogen) atoms. The SMILES string of the molecule is O=C(Nc1ccc2c(c1)CCO2)[C@@]12CCCC[C@H]1CNC2. The first-order valence-corrected chi connectivity index (χ1v) is 8.06. The van der Waals surface area contributed by atoms with Gasteiger partial charge in [0.25, 0.3) is 0 Å². The van der Waals surface area contributed by atoms with Crippen molar-refractivity contribution in [2.24, 2.45) is 11.3 Å². The molecule has 2 aliphatic heterocycles. The zero-order valence-corrected chi connectivity index (χ0v) is 12.3. The van der Waals surface area contributed by atoms with Crippen LogP contribution in [0.2, 0.25) is 0 Å². The lowest BCUT2D eigenvalue weighted by Gasteiger charge is -2.37. The molecule has 1 aliphatic carbocycles. The van der Waals surface area contributed by atoms with E-state index in [0.29, 0.717) is 5.92 Å². The van der Waals surface area contributed by atoms with Crippen LogP contribution in [-0.4, -0.2) is 25.6 Å². The summed E-state index contributed by atoms with van der Waals surface area (Å²) in [4.78, 5) is 12.9. The summed E-state index contributed by atoms with van der Waals surface area (Å²) in [6.45, 7) is 2.58. The topological polar surface area (TPSA) is 50.4 Å². The summed E-state index contributed by atoms with van der Waals surface area (Å²) < 4.78 is 5.52. The van der Waals surface area contributed by atoms with Gasteiger partial charge in [0.15, 0.2) is 0 Å². The molecule has 1 saturated carbocycles. The van der Waals surface area contributed by atoms with E-state index in [1.807, 2.05) is 12.1 Å². The Hall–Kier alpha value is -1.55. The highest BCUT2D eigenvalue weighted by atomic mass is 16.5. The lowest BCUT2D eigenvalue weighted by Crippen LogP contribution is -2.44. The molecule has 1 aromatic rings. The Labute approximate surface area is 125 Å². The highest BCUT2D eigenvalue weighted by Crippen LogP contribution is 2.44. The van der Waals surface area contributed by atoms with Gasteiger partial charge in [-0.15, -0.1) is 0 Å². The molecule has 112 valence electrons.